The number of fused-ring (bicyclic) bond motifs is 1. The van der Waals surface area contributed by atoms with Crippen LogP contribution in [-0.4, -0.2) is 41.4 Å². The minimum Gasteiger partial charge on any atom is -0.445 e. The van der Waals surface area contributed by atoms with E-state index in [0.29, 0.717) is 45.0 Å². The van der Waals surface area contributed by atoms with Gasteiger partial charge in [-0.2, -0.15) is 0 Å². The lowest BCUT2D eigenvalue weighted by atomic mass is 9.96. The van der Waals surface area contributed by atoms with Gasteiger partial charge < -0.3 is 13.8 Å². The Morgan fingerprint density at radius 1 is 1.02 bits per heavy atom. The molecular formula is C30H25N5O5S2. The van der Waals surface area contributed by atoms with Crippen LogP contribution >= 0.6 is 11.3 Å². The summed E-state index contributed by atoms with van der Waals surface area (Å²) < 4.78 is 41.4. The zero-order valence-corrected chi connectivity index (χ0v) is 24.5. The molecule has 3 aromatic heterocycles. The van der Waals surface area contributed by atoms with E-state index in [4.69, 9.17) is 8.94 Å². The van der Waals surface area contributed by atoms with E-state index in [1.807, 2.05) is 30.3 Å². The molecule has 1 amide bonds. The Balaban J connectivity index is 1.40. The molecule has 212 valence electrons. The van der Waals surface area contributed by atoms with Crippen molar-refractivity contribution in [3.63, 3.8) is 0 Å². The third-order valence-corrected chi connectivity index (χ3v) is 9.15. The Morgan fingerprint density at radius 2 is 1.86 bits per heavy atom. The monoisotopic (exact) mass is 599 g/mol. The number of aromatic nitrogens is 3. The van der Waals surface area contributed by atoms with Gasteiger partial charge in [0.25, 0.3) is 15.9 Å². The number of thiazole rings is 1. The van der Waals surface area contributed by atoms with E-state index in [9.17, 15) is 13.2 Å². The fraction of sp³-hybridized carbons (Fsp3) is 0.133. The second kappa shape index (κ2) is 10.9. The zero-order chi connectivity index (χ0) is 29.4. The summed E-state index contributed by atoms with van der Waals surface area (Å²) in [6.45, 7) is 3.65. The topological polar surface area (TPSA) is 131 Å². The highest BCUT2D eigenvalue weighted by molar-refractivity contribution is 7.92. The molecule has 0 spiro atoms. The molecule has 0 radical (unpaired) electrons. The molecular weight excluding hydrogens is 574 g/mol. The van der Waals surface area contributed by atoms with Gasteiger partial charge in [0.2, 0.25) is 11.8 Å². The van der Waals surface area contributed by atoms with Crippen LogP contribution in [0.4, 0.5) is 5.88 Å². The van der Waals surface area contributed by atoms with E-state index in [2.05, 4.69) is 19.8 Å². The highest BCUT2D eigenvalue weighted by Crippen LogP contribution is 2.35. The zero-order valence-electron chi connectivity index (χ0n) is 22.9. The van der Waals surface area contributed by atoms with Gasteiger partial charge in [-0.3, -0.25) is 4.79 Å². The van der Waals surface area contributed by atoms with Crippen LogP contribution in [0.1, 0.15) is 27.2 Å². The first-order chi connectivity index (χ1) is 20.2. The molecule has 0 bridgehead atoms. The summed E-state index contributed by atoms with van der Waals surface area (Å²) in [6, 6.07) is 17.6. The second-order valence-electron chi connectivity index (χ2n) is 9.73. The largest absolute Gasteiger partial charge is 0.445 e. The average Bonchev–Trinajstić information content (AvgIpc) is 3.76. The van der Waals surface area contributed by atoms with Gasteiger partial charge in [0.05, 0.1) is 32.5 Å². The van der Waals surface area contributed by atoms with Crippen molar-refractivity contribution in [2.24, 2.45) is 0 Å². The standard InChI is InChI=1S/C30H25N5O5S2/c1-18-19(2)33-40-28(18)34-42(37,38)27-7-5-4-6-24(27)23-10-8-20(29-31-12-13-39-29)14-22(23)16-35(3)30(36)21-9-11-25-26(15-21)41-17-32-25/h4-15,17,34H,16H2,1-3H3. The van der Waals surface area contributed by atoms with Crippen molar-refractivity contribution >= 4 is 43.4 Å². The van der Waals surface area contributed by atoms with Crippen molar-refractivity contribution in [1.29, 1.82) is 0 Å². The molecule has 0 aliphatic carbocycles. The normalized spacial score (nSPS) is 11.6. The molecule has 3 heterocycles. The number of benzene rings is 3. The number of sulfonamides is 1. The van der Waals surface area contributed by atoms with Gasteiger partial charge in [0, 0.05) is 35.8 Å². The van der Waals surface area contributed by atoms with Gasteiger partial charge in [-0.05, 0) is 61.4 Å². The van der Waals surface area contributed by atoms with E-state index < -0.39 is 10.0 Å². The molecule has 3 aromatic carbocycles. The number of rotatable bonds is 8. The lowest BCUT2D eigenvalue weighted by Crippen LogP contribution is -2.26. The van der Waals surface area contributed by atoms with Crippen LogP contribution in [0, 0.1) is 13.8 Å². The maximum Gasteiger partial charge on any atom is 0.264 e. The number of anilines is 1. The van der Waals surface area contributed by atoms with Gasteiger partial charge in [-0.1, -0.05) is 29.4 Å². The summed E-state index contributed by atoms with van der Waals surface area (Å²) in [5.41, 5.74) is 6.79. The van der Waals surface area contributed by atoms with Crippen molar-refractivity contribution in [2.75, 3.05) is 11.8 Å². The number of nitrogens with zero attached hydrogens (tertiary/aromatic N) is 4. The van der Waals surface area contributed by atoms with E-state index in [1.165, 1.54) is 23.7 Å². The summed E-state index contributed by atoms with van der Waals surface area (Å²) in [6.07, 6.45) is 3.03. The maximum atomic E-state index is 13.6. The van der Waals surface area contributed by atoms with Gasteiger partial charge >= 0.3 is 0 Å². The molecule has 10 nitrogen and oxygen atoms in total. The predicted octanol–water partition coefficient (Wildman–Crippen LogP) is 6.30. The number of aryl methyl sites for hydroxylation is 1. The molecule has 6 rings (SSSR count). The van der Waals surface area contributed by atoms with E-state index >= 15 is 0 Å². The van der Waals surface area contributed by atoms with Crippen LogP contribution in [-0.2, 0) is 16.6 Å². The van der Waals surface area contributed by atoms with Crippen molar-refractivity contribution in [3.8, 4) is 22.6 Å². The molecule has 0 saturated heterocycles. The number of hydrogen-bond acceptors (Lipinski definition) is 9. The molecule has 0 aliphatic heterocycles. The maximum absolute atomic E-state index is 13.6. The molecule has 0 aliphatic rings. The molecule has 1 N–H and O–H groups in total. The minimum atomic E-state index is -4.07. The highest BCUT2D eigenvalue weighted by Gasteiger charge is 2.25. The number of carbonyl (C=O) groups excluding carboxylic acids is 1. The summed E-state index contributed by atoms with van der Waals surface area (Å²) in [5.74, 6) is 0.285. The minimum absolute atomic E-state index is 0.0493. The lowest BCUT2D eigenvalue weighted by molar-refractivity contribution is 0.0785. The molecule has 0 unspecified atom stereocenters. The lowest BCUT2D eigenvalue weighted by Gasteiger charge is -2.21. The quantitative estimate of drug-likeness (QED) is 0.216. The van der Waals surface area contributed by atoms with E-state index in [-0.39, 0.29) is 23.2 Å². The molecule has 0 fully saturated rings. The fourth-order valence-corrected chi connectivity index (χ4v) is 6.62. The van der Waals surface area contributed by atoms with Crippen molar-refractivity contribution in [2.45, 2.75) is 25.3 Å². The van der Waals surface area contributed by atoms with Gasteiger partial charge in [0.1, 0.15) is 6.26 Å². The summed E-state index contributed by atoms with van der Waals surface area (Å²) in [5, 5.41) is 3.85. The molecule has 0 atom stereocenters. The molecule has 6 aromatic rings. The Kier molecular flexibility index (Phi) is 7.09. The highest BCUT2D eigenvalue weighted by atomic mass is 32.2. The Bertz CT molecular complexity index is 2030. The summed E-state index contributed by atoms with van der Waals surface area (Å²) in [7, 11) is -2.37. The first-order valence-corrected chi connectivity index (χ1v) is 15.2. The van der Waals surface area contributed by atoms with Crippen LogP contribution in [0.3, 0.4) is 0 Å². The number of oxazole rings is 1. The third kappa shape index (κ3) is 5.17. The van der Waals surface area contributed by atoms with Crippen molar-refractivity contribution in [1.82, 2.24) is 20.0 Å². The van der Waals surface area contributed by atoms with Crippen LogP contribution in [0.5, 0.6) is 0 Å². The molecule has 12 heteroatoms. The van der Waals surface area contributed by atoms with E-state index in [0.717, 1.165) is 10.2 Å². The average molecular weight is 600 g/mol. The summed E-state index contributed by atoms with van der Waals surface area (Å²) in [4.78, 5) is 23.7. The SMILES string of the molecule is Cc1noc(NS(=O)(=O)c2ccccc2-c2ccc(-c3ncco3)cc2CN(C)C(=O)c2ccc3ncsc3c2)c1C. The van der Waals surface area contributed by atoms with Crippen LogP contribution in [0.25, 0.3) is 32.8 Å². The first-order valence-electron chi connectivity index (χ1n) is 12.9. The fourth-order valence-electron chi connectivity index (χ4n) is 4.63. The van der Waals surface area contributed by atoms with Crippen LogP contribution in [0.2, 0.25) is 0 Å². The van der Waals surface area contributed by atoms with Crippen molar-refractivity contribution < 1.29 is 22.2 Å². The van der Waals surface area contributed by atoms with Crippen LogP contribution < -0.4 is 4.72 Å². The Labute approximate surface area is 245 Å². The third-order valence-electron chi connectivity index (χ3n) is 6.97. The smallest absolute Gasteiger partial charge is 0.264 e. The van der Waals surface area contributed by atoms with Gasteiger partial charge in [-0.25, -0.2) is 23.1 Å². The number of nitrogens with one attached hydrogen (secondary N) is 1. The summed E-state index contributed by atoms with van der Waals surface area (Å²) >= 11 is 1.47. The number of hydrogen-bond donors (Lipinski definition) is 1. The second-order valence-corrected chi connectivity index (χ2v) is 12.3. The van der Waals surface area contributed by atoms with E-state index in [1.54, 1.807) is 61.8 Å². The van der Waals surface area contributed by atoms with Crippen molar-refractivity contribution in [3.05, 3.63) is 101 Å². The Morgan fingerprint density at radius 3 is 2.62 bits per heavy atom. The predicted molar refractivity (Wildman–Crippen MR) is 160 cm³/mol. The van der Waals surface area contributed by atoms with Gasteiger partial charge in [-0.15, -0.1) is 11.3 Å². The van der Waals surface area contributed by atoms with Crippen LogP contribution in [0.15, 0.2) is 92.5 Å². The molecule has 0 saturated carbocycles. The van der Waals surface area contributed by atoms with Gasteiger partial charge in [0.15, 0.2) is 0 Å². The number of amides is 1. The Hall–Kier alpha value is -4.81. The molecule has 42 heavy (non-hydrogen) atoms. The number of carbonyl (C=O) groups is 1. The first kappa shape index (κ1) is 27.4.